The molecule has 0 bridgehead atoms. The fraction of sp³-hybridized carbons (Fsp3) is 0.417. The molecule has 0 aliphatic rings. The van der Waals surface area contributed by atoms with E-state index in [1.807, 2.05) is 49.6 Å². The number of allylic oxidation sites excluding steroid dienone is 2. The minimum absolute atomic E-state index is 0.766. The quantitative estimate of drug-likeness (QED) is 0.454. The van der Waals surface area contributed by atoms with Gasteiger partial charge in [-0.15, -0.1) is 0 Å². The Kier molecular flexibility index (Phi) is 11.8. The number of hydrogen-bond donors (Lipinski definition) is 1. The van der Waals surface area contributed by atoms with Crippen LogP contribution in [0.4, 0.5) is 5.82 Å². The second-order valence-corrected chi connectivity index (χ2v) is 6.98. The first-order chi connectivity index (χ1) is 13.7. The van der Waals surface area contributed by atoms with E-state index in [1.54, 1.807) is 11.3 Å². The highest BCUT2D eigenvalue weighted by atomic mass is 32.1. The third-order valence-corrected chi connectivity index (χ3v) is 4.60. The number of fused-ring (bicyclic) bond motifs is 1. The van der Waals surface area contributed by atoms with E-state index < -0.39 is 0 Å². The van der Waals surface area contributed by atoms with E-state index in [9.17, 15) is 0 Å². The number of anilines is 1. The van der Waals surface area contributed by atoms with E-state index in [2.05, 4.69) is 49.5 Å². The standard InChI is InChI=1S/C17H17N3S.C5H12.C2H6/c1-3-6-12(2)18-17-14-7-4-5-8-15(14)19-16(20-17)13-9-10-21-11-13;1-3-5-4-2;1-2/h4-11H,3H2,1-2H3,(H,18,19,20);3-5H2,1-2H3;1-2H3/b12-6+;;. The molecule has 1 N–H and O–H groups in total. The number of rotatable bonds is 6. The van der Waals surface area contributed by atoms with Crippen LogP contribution >= 0.6 is 11.3 Å². The molecule has 3 rings (SSSR count). The summed E-state index contributed by atoms with van der Waals surface area (Å²) < 4.78 is 0. The van der Waals surface area contributed by atoms with Crippen molar-refractivity contribution in [3.8, 4) is 11.4 Å². The monoisotopic (exact) mass is 397 g/mol. The maximum Gasteiger partial charge on any atom is 0.163 e. The number of para-hydroxylation sites is 1. The maximum absolute atomic E-state index is 4.71. The van der Waals surface area contributed by atoms with Gasteiger partial charge in [0.2, 0.25) is 0 Å². The maximum atomic E-state index is 4.71. The van der Waals surface area contributed by atoms with E-state index in [0.717, 1.165) is 40.2 Å². The SMILES string of the molecule is CC.CC/C=C(\C)Nc1nc(-c2ccsc2)nc2ccccc12.CCCCC. The van der Waals surface area contributed by atoms with Crippen molar-refractivity contribution in [2.24, 2.45) is 0 Å². The smallest absolute Gasteiger partial charge is 0.163 e. The van der Waals surface area contributed by atoms with Crippen LogP contribution in [-0.4, -0.2) is 9.97 Å². The predicted molar refractivity (Wildman–Crippen MR) is 127 cm³/mol. The Labute approximate surface area is 175 Å². The number of unbranched alkanes of at least 4 members (excludes halogenated alkanes) is 2. The highest BCUT2D eigenvalue weighted by Crippen LogP contribution is 2.26. The molecule has 3 nitrogen and oxygen atoms in total. The Hall–Kier alpha value is -2.20. The lowest BCUT2D eigenvalue weighted by molar-refractivity contribution is 0.772. The van der Waals surface area contributed by atoms with Crippen LogP contribution in [0.5, 0.6) is 0 Å². The Morgan fingerprint density at radius 2 is 1.75 bits per heavy atom. The molecular weight excluding hydrogens is 362 g/mol. The summed E-state index contributed by atoms with van der Waals surface area (Å²) in [4.78, 5) is 9.38. The van der Waals surface area contributed by atoms with Crippen molar-refractivity contribution in [3.63, 3.8) is 0 Å². The zero-order chi connectivity index (χ0) is 20.8. The zero-order valence-corrected chi connectivity index (χ0v) is 19.1. The Balaban J connectivity index is 0.000000490. The van der Waals surface area contributed by atoms with Crippen molar-refractivity contribution < 1.29 is 0 Å². The van der Waals surface area contributed by atoms with Gasteiger partial charge in [-0.1, -0.05) is 72.1 Å². The van der Waals surface area contributed by atoms with Crippen molar-refractivity contribution >= 4 is 28.1 Å². The van der Waals surface area contributed by atoms with Crippen LogP contribution in [0.25, 0.3) is 22.3 Å². The molecule has 3 aromatic rings. The average Bonchev–Trinajstić information content (AvgIpc) is 3.26. The van der Waals surface area contributed by atoms with Gasteiger partial charge in [0.1, 0.15) is 5.82 Å². The minimum atomic E-state index is 0.766. The van der Waals surface area contributed by atoms with Gasteiger partial charge in [-0.2, -0.15) is 11.3 Å². The molecule has 28 heavy (non-hydrogen) atoms. The molecule has 0 saturated heterocycles. The summed E-state index contributed by atoms with van der Waals surface area (Å²) in [6.45, 7) is 12.6. The molecule has 0 radical (unpaired) electrons. The highest BCUT2D eigenvalue weighted by Gasteiger charge is 2.09. The first kappa shape index (κ1) is 23.8. The Morgan fingerprint density at radius 1 is 1.04 bits per heavy atom. The van der Waals surface area contributed by atoms with Gasteiger partial charge in [0, 0.05) is 22.0 Å². The van der Waals surface area contributed by atoms with Crippen molar-refractivity contribution in [1.29, 1.82) is 0 Å². The summed E-state index contributed by atoms with van der Waals surface area (Å²) in [5, 5.41) is 8.56. The first-order valence-electron chi connectivity index (χ1n) is 10.4. The highest BCUT2D eigenvalue weighted by molar-refractivity contribution is 7.08. The van der Waals surface area contributed by atoms with Crippen LogP contribution in [0, 0.1) is 0 Å². The summed E-state index contributed by atoms with van der Waals surface area (Å²) in [7, 11) is 0. The van der Waals surface area contributed by atoms with Crippen molar-refractivity contribution in [3.05, 3.63) is 52.9 Å². The first-order valence-corrected chi connectivity index (χ1v) is 11.4. The molecule has 0 saturated carbocycles. The molecule has 0 aliphatic heterocycles. The van der Waals surface area contributed by atoms with Crippen LogP contribution in [0.2, 0.25) is 0 Å². The predicted octanol–water partition coefficient (Wildman–Crippen LogP) is 8.31. The van der Waals surface area contributed by atoms with E-state index in [-0.39, 0.29) is 0 Å². The van der Waals surface area contributed by atoms with E-state index >= 15 is 0 Å². The molecule has 0 atom stereocenters. The molecule has 0 amide bonds. The lowest BCUT2D eigenvalue weighted by Gasteiger charge is -2.10. The van der Waals surface area contributed by atoms with Gasteiger partial charge in [-0.05, 0) is 36.9 Å². The number of thiophene rings is 1. The fourth-order valence-corrected chi connectivity index (χ4v) is 3.22. The van der Waals surface area contributed by atoms with Gasteiger partial charge in [0.15, 0.2) is 5.82 Å². The second-order valence-electron chi connectivity index (χ2n) is 6.20. The third kappa shape index (κ3) is 7.43. The fourth-order valence-electron chi connectivity index (χ4n) is 2.59. The zero-order valence-electron chi connectivity index (χ0n) is 18.2. The molecule has 2 heterocycles. The Morgan fingerprint density at radius 3 is 2.32 bits per heavy atom. The third-order valence-electron chi connectivity index (χ3n) is 3.92. The topological polar surface area (TPSA) is 37.8 Å². The number of aromatic nitrogens is 2. The van der Waals surface area contributed by atoms with Crippen LogP contribution in [0.1, 0.15) is 67.2 Å². The second kappa shape index (κ2) is 13.9. The summed E-state index contributed by atoms with van der Waals surface area (Å²) >= 11 is 1.66. The minimum Gasteiger partial charge on any atom is -0.344 e. The van der Waals surface area contributed by atoms with Crippen LogP contribution < -0.4 is 5.32 Å². The van der Waals surface area contributed by atoms with Crippen LogP contribution in [0.15, 0.2) is 52.9 Å². The summed E-state index contributed by atoms with van der Waals surface area (Å²) in [6, 6.07) is 10.1. The summed E-state index contributed by atoms with van der Waals surface area (Å²) in [5.74, 6) is 1.63. The number of nitrogens with zero attached hydrogens (tertiary/aromatic N) is 2. The largest absolute Gasteiger partial charge is 0.344 e. The van der Waals surface area contributed by atoms with Gasteiger partial charge in [0.25, 0.3) is 0 Å². The van der Waals surface area contributed by atoms with Gasteiger partial charge >= 0.3 is 0 Å². The van der Waals surface area contributed by atoms with E-state index in [4.69, 9.17) is 4.98 Å². The molecule has 2 aromatic heterocycles. The van der Waals surface area contributed by atoms with Crippen molar-refractivity contribution in [2.75, 3.05) is 5.32 Å². The summed E-state index contributed by atoms with van der Waals surface area (Å²) in [6.07, 6.45) is 7.23. The van der Waals surface area contributed by atoms with Crippen LogP contribution in [-0.2, 0) is 0 Å². The molecule has 0 aliphatic carbocycles. The molecule has 0 spiro atoms. The Bertz CT molecular complexity index is 821. The molecule has 0 fully saturated rings. The number of benzene rings is 1. The van der Waals surface area contributed by atoms with Crippen LogP contribution in [0.3, 0.4) is 0 Å². The van der Waals surface area contributed by atoms with Gasteiger partial charge < -0.3 is 5.32 Å². The number of hydrogen-bond acceptors (Lipinski definition) is 4. The van der Waals surface area contributed by atoms with Gasteiger partial charge in [-0.25, -0.2) is 9.97 Å². The molecule has 0 unspecified atom stereocenters. The van der Waals surface area contributed by atoms with Crippen molar-refractivity contribution in [1.82, 2.24) is 9.97 Å². The molecule has 152 valence electrons. The van der Waals surface area contributed by atoms with E-state index in [1.165, 1.54) is 19.3 Å². The van der Waals surface area contributed by atoms with E-state index in [0.29, 0.717) is 0 Å². The molecular formula is C24H35N3S. The summed E-state index contributed by atoms with van der Waals surface area (Å²) in [5.41, 5.74) is 3.13. The molecule has 1 aromatic carbocycles. The lowest BCUT2D eigenvalue weighted by atomic mass is 10.2. The van der Waals surface area contributed by atoms with Crippen molar-refractivity contribution in [2.45, 2.75) is 67.2 Å². The van der Waals surface area contributed by atoms with Gasteiger partial charge in [0.05, 0.1) is 5.52 Å². The number of nitrogens with one attached hydrogen (secondary N) is 1. The lowest BCUT2D eigenvalue weighted by Crippen LogP contribution is -2.01. The average molecular weight is 398 g/mol. The normalized spacial score (nSPS) is 10.6. The van der Waals surface area contributed by atoms with Gasteiger partial charge in [-0.3, -0.25) is 0 Å². The molecule has 4 heteroatoms.